The number of hydrogen-bond acceptors (Lipinski definition) is 3. The molecule has 1 amide bonds. The number of carbonyl (C=O) groups excluding carboxylic acids is 1. The molecule has 1 heterocycles. The summed E-state index contributed by atoms with van der Waals surface area (Å²) in [7, 11) is 4.01. The Morgan fingerprint density at radius 1 is 1.26 bits per heavy atom. The SMILES string of the molecule is O=C(CCCC[C@@H]1CCSS1)NCc1ccccc1. The number of benzene rings is 1. The largest absolute Gasteiger partial charge is 0.352 e. The molecule has 1 aromatic rings. The molecule has 2 rings (SSSR count). The molecule has 0 bridgehead atoms. The van der Waals surface area contributed by atoms with E-state index in [4.69, 9.17) is 0 Å². The molecule has 0 aliphatic carbocycles. The fourth-order valence-corrected chi connectivity index (χ4v) is 5.13. The van der Waals surface area contributed by atoms with Crippen molar-refractivity contribution in [3.8, 4) is 0 Å². The molecule has 1 fully saturated rings. The van der Waals surface area contributed by atoms with Gasteiger partial charge in [-0.3, -0.25) is 4.79 Å². The zero-order chi connectivity index (χ0) is 13.3. The first-order valence-electron chi connectivity index (χ1n) is 6.93. The highest BCUT2D eigenvalue weighted by atomic mass is 33.1. The Hall–Kier alpha value is -0.610. The van der Waals surface area contributed by atoms with Crippen LogP contribution in [0.15, 0.2) is 30.3 Å². The molecule has 4 heteroatoms. The maximum absolute atomic E-state index is 11.7. The lowest BCUT2D eigenvalue weighted by Crippen LogP contribution is -2.22. The molecule has 1 aliphatic rings. The van der Waals surface area contributed by atoms with Crippen molar-refractivity contribution in [3.63, 3.8) is 0 Å². The van der Waals surface area contributed by atoms with Crippen LogP contribution in [-0.2, 0) is 11.3 Å². The Labute approximate surface area is 123 Å². The molecule has 1 aliphatic heterocycles. The normalized spacial score (nSPS) is 18.4. The molecule has 1 N–H and O–H groups in total. The van der Waals surface area contributed by atoms with Crippen molar-refractivity contribution >= 4 is 27.5 Å². The van der Waals surface area contributed by atoms with Crippen molar-refractivity contribution in [1.29, 1.82) is 0 Å². The maximum atomic E-state index is 11.7. The van der Waals surface area contributed by atoms with Gasteiger partial charge in [0.05, 0.1) is 0 Å². The van der Waals surface area contributed by atoms with Crippen LogP contribution in [0.5, 0.6) is 0 Å². The molecular formula is C15H21NOS2. The zero-order valence-corrected chi connectivity index (χ0v) is 12.8. The van der Waals surface area contributed by atoms with Crippen molar-refractivity contribution in [2.24, 2.45) is 0 Å². The van der Waals surface area contributed by atoms with Crippen LogP contribution in [0.2, 0.25) is 0 Å². The molecule has 1 aromatic carbocycles. The monoisotopic (exact) mass is 295 g/mol. The van der Waals surface area contributed by atoms with E-state index in [9.17, 15) is 4.79 Å². The van der Waals surface area contributed by atoms with Gasteiger partial charge in [-0.15, -0.1) is 0 Å². The van der Waals surface area contributed by atoms with E-state index >= 15 is 0 Å². The van der Waals surface area contributed by atoms with Crippen LogP contribution in [0.1, 0.15) is 37.7 Å². The molecule has 0 saturated carbocycles. The molecule has 0 aromatic heterocycles. The lowest BCUT2D eigenvalue weighted by Gasteiger charge is -2.07. The van der Waals surface area contributed by atoms with Crippen LogP contribution >= 0.6 is 21.6 Å². The van der Waals surface area contributed by atoms with Gasteiger partial charge in [-0.05, 0) is 24.8 Å². The molecule has 1 saturated heterocycles. The third-order valence-corrected chi connectivity index (χ3v) is 6.25. The number of unbranched alkanes of at least 4 members (excludes halogenated alkanes) is 1. The smallest absolute Gasteiger partial charge is 0.220 e. The number of hydrogen-bond donors (Lipinski definition) is 1. The average Bonchev–Trinajstić information content (AvgIpc) is 2.96. The van der Waals surface area contributed by atoms with Crippen molar-refractivity contribution in [3.05, 3.63) is 35.9 Å². The Morgan fingerprint density at radius 3 is 2.84 bits per heavy atom. The lowest BCUT2D eigenvalue weighted by atomic mass is 10.1. The van der Waals surface area contributed by atoms with Gasteiger partial charge in [0, 0.05) is 24.0 Å². The van der Waals surface area contributed by atoms with Gasteiger partial charge in [0.1, 0.15) is 0 Å². The zero-order valence-electron chi connectivity index (χ0n) is 11.1. The molecule has 0 unspecified atom stereocenters. The standard InChI is InChI=1S/C15H21NOS2/c17-15(16-12-13-6-2-1-3-7-13)9-5-4-8-14-10-11-18-19-14/h1-3,6-7,14H,4-5,8-12H2,(H,16,17)/t14-/m1/s1. The molecule has 104 valence electrons. The first-order valence-corrected chi connectivity index (χ1v) is 9.32. The van der Waals surface area contributed by atoms with Crippen molar-refractivity contribution in [1.82, 2.24) is 5.32 Å². The van der Waals surface area contributed by atoms with E-state index in [1.165, 1.54) is 25.0 Å². The summed E-state index contributed by atoms with van der Waals surface area (Å²) in [5, 5.41) is 3.81. The minimum atomic E-state index is 0.178. The second-order valence-electron chi connectivity index (χ2n) is 4.84. The Balaban J connectivity index is 1.52. The molecule has 2 nitrogen and oxygen atoms in total. The van der Waals surface area contributed by atoms with Gasteiger partial charge in [-0.1, -0.05) is 58.3 Å². The quantitative estimate of drug-likeness (QED) is 0.608. The summed E-state index contributed by atoms with van der Waals surface area (Å²) < 4.78 is 0. The van der Waals surface area contributed by atoms with Crippen LogP contribution in [0.4, 0.5) is 0 Å². The summed E-state index contributed by atoms with van der Waals surface area (Å²) in [5.74, 6) is 1.48. The Morgan fingerprint density at radius 2 is 2.11 bits per heavy atom. The van der Waals surface area contributed by atoms with E-state index in [1.807, 2.05) is 51.9 Å². The van der Waals surface area contributed by atoms with E-state index in [0.717, 1.165) is 17.2 Å². The maximum Gasteiger partial charge on any atom is 0.220 e. The minimum absolute atomic E-state index is 0.178. The van der Waals surface area contributed by atoms with Gasteiger partial charge in [-0.2, -0.15) is 0 Å². The third kappa shape index (κ3) is 5.91. The number of amides is 1. The third-order valence-electron chi connectivity index (χ3n) is 3.24. The van der Waals surface area contributed by atoms with E-state index in [1.54, 1.807) is 0 Å². The predicted molar refractivity (Wildman–Crippen MR) is 85.2 cm³/mol. The van der Waals surface area contributed by atoms with Crippen LogP contribution in [0, 0.1) is 0 Å². The average molecular weight is 295 g/mol. The van der Waals surface area contributed by atoms with Crippen LogP contribution in [0.3, 0.4) is 0 Å². The summed E-state index contributed by atoms with van der Waals surface area (Å²) in [6.07, 6.45) is 5.47. The van der Waals surface area contributed by atoms with E-state index in [-0.39, 0.29) is 5.91 Å². The number of rotatable bonds is 7. The van der Waals surface area contributed by atoms with Crippen LogP contribution < -0.4 is 5.32 Å². The second-order valence-corrected chi connectivity index (χ2v) is 7.62. The van der Waals surface area contributed by atoms with Gasteiger partial charge in [0.2, 0.25) is 5.91 Å². The summed E-state index contributed by atoms with van der Waals surface area (Å²) in [6, 6.07) is 10.1. The van der Waals surface area contributed by atoms with Crippen LogP contribution in [0.25, 0.3) is 0 Å². The second kappa shape index (κ2) is 8.54. The first-order chi connectivity index (χ1) is 9.34. The summed E-state index contributed by atoms with van der Waals surface area (Å²) in [6.45, 7) is 0.648. The van der Waals surface area contributed by atoms with Gasteiger partial charge in [-0.25, -0.2) is 0 Å². The first kappa shape index (κ1) is 14.8. The Kier molecular flexibility index (Phi) is 6.65. The minimum Gasteiger partial charge on any atom is -0.352 e. The van der Waals surface area contributed by atoms with E-state index in [2.05, 4.69) is 5.32 Å². The van der Waals surface area contributed by atoms with Gasteiger partial charge >= 0.3 is 0 Å². The Bertz CT molecular complexity index is 377. The molecule has 19 heavy (non-hydrogen) atoms. The van der Waals surface area contributed by atoms with Crippen LogP contribution in [-0.4, -0.2) is 16.9 Å². The molecule has 0 radical (unpaired) electrons. The van der Waals surface area contributed by atoms with Gasteiger partial charge in [0.25, 0.3) is 0 Å². The predicted octanol–water partition coefficient (Wildman–Crippen LogP) is 4.02. The van der Waals surface area contributed by atoms with Crippen molar-refractivity contribution in [2.45, 2.75) is 43.9 Å². The topological polar surface area (TPSA) is 29.1 Å². The highest BCUT2D eigenvalue weighted by molar-refractivity contribution is 8.77. The van der Waals surface area contributed by atoms with E-state index in [0.29, 0.717) is 13.0 Å². The number of carbonyl (C=O) groups is 1. The van der Waals surface area contributed by atoms with Gasteiger partial charge in [0.15, 0.2) is 0 Å². The van der Waals surface area contributed by atoms with Crippen molar-refractivity contribution in [2.75, 3.05) is 5.75 Å². The molecule has 0 spiro atoms. The summed E-state index contributed by atoms with van der Waals surface area (Å²) in [4.78, 5) is 11.7. The van der Waals surface area contributed by atoms with Crippen molar-refractivity contribution < 1.29 is 4.79 Å². The van der Waals surface area contributed by atoms with E-state index < -0.39 is 0 Å². The summed E-state index contributed by atoms with van der Waals surface area (Å²) in [5.41, 5.74) is 1.16. The highest BCUT2D eigenvalue weighted by Crippen LogP contribution is 2.39. The molecule has 1 atom stereocenters. The summed E-state index contributed by atoms with van der Waals surface area (Å²) >= 11 is 0. The fraction of sp³-hybridized carbons (Fsp3) is 0.533. The fourth-order valence-electron chi connectivity index (χ4n) is 2.11. The lowest BCUT2D eigenvalue weighted by molar-refractivity contribution is -0.121. The molecular weight excluding hydrogens is 274 g/mol. The highest BCUT2D eigenvalue weighted by Gasteiger charge is 2.15. The number of nitrogens with one attached hydrogen (secondary N) is 1. The van der Waals surface area contributed by atoms with Gasteiger partial charge < -0.3 is 5.32 Å².